The van der Waals surface area contributed by atoms with Crippen molar-refractivity contribution in [2.45, 2.75) is 32.5 Å². The first-order valence-corrected chi connectivity index (χ1v) is 6.31. The van der Waals surface area contributed by atoms with E-state index in [2.05, 4.69) is 13.1 Å². The van der Waals surface area contributed by atoms with Crippen molar-refractivity contribution < 1.29 is 4.79 Å². The molecule has 0 aromatic rings. The molecule has 0 unspecified atom stereocenters. The molecule has 0 radical (unpaired) electrons. The fraction of sp³-hybridized carbons (Fsp3) is 0.833. The summed E-state index contributed by atoms with van der Waals surface area (Å²) in [5.41, 5.74) is 0. The number of ketones is 1. The van der Waals surface area contributed by atoms with Crippen LogP contribution in [-0.4, -0.2) is 14.6 Å². The van der Waals surface area contributed by atoms with Crippen molar-refractivity contribution in [3.63, 3.8) is 0 Å². The molecule has 0 saturated carbocycles. The first kappa shape index (κ1) is 7.89. The topological polar surface area (TPSA) is 17.1 Å². The number of hydrogen-bond acceptors (Lipinski definition) is 1. The van der Waals surface area contributed by atoms with Crippen molar-refractivity contribution >= 4 is 14.6 Å². The Bertz CT molecular complexity index is 78.6. The zero-order valence-electron chi connectivity index (χ0n) is 5.90. The van der Waals surface area contributed by atoms with Gasteiger partial charge in [-0.1, -0.05) is 20.0 Å². The van der Waals surface area contributed by atoms with Crippen LogP contribution in [0, 0.1) is 0 Å². The van der Waals surface area contributed by atoms with Crippen molar-refractivity contribution in [1.29, 1.82) is 0 Å². The Morgan fingerprint density at radius 2 is 2.00 bits per heavy atom. The van der Waals surface area contributed by atoms with E-state index >= 15 is 0 Å². The van der Waals surface area contributed by atoms with Gasteiger partial charge in [0.25, 0.3) is 0 Å². The van der Waals surface area contributed by atoms with Crippen molar-refractivity contribution in [2.24, 2.45) is 0 Å². The highest BCUT2D eigenvalue weighted by Gasteiger charge is 2.01. The predicted molar refractivity (Wildman–Crippen MR) is 39.0 cm³/mol. The van der Waals surface area contributed by atoms with E-state index in [-0.39, 0.29) is 0 Å². The van der Waals surface area contributed by atoms with Crippen LogP contribution in [0.25, 0.3) is 0 Å². The zero-order chi connectivity index (χ0) is 6.57. The largest absolute Gasteiger partial charge is 0.300 e. The van der Waals surface area contributed by atoms with Gasteiger partial charge in [-0.15, -0.1) is 0 Å². The molecule has 1 nitrogen and oxygen atoms in total. The van der Waals surface area contributed by atoms with Gasteiger partial charge in [0.2, 0.25) is 0 Å². The summed E-state index contributed by atoms with van der Waals surface area (Å²) in [7, 11) is -0.596. The maximum atomic E-state index is 10.7. The number of hydrogen-bond donors (Lipinski definition) is 0. The molecule has 8 heavy (non-hydrogen) atoms. The van der Waals surface area contributed by atoms with E-state index in [4.69, 9.17) is 0 Å². The Labute approximate surface area is 52.7 Å². The van der Waals surface area contributed by atoms with Crippen molar-refractivity contribution in [3.8, 4) is 0 Å². The summed E-state index contributed by atoms with van der Waals surface area (Å²) in [5.74, 6) is 0.437. The summed E-state index contributed by atoms with van der Waals surface area (Å²) in [5, 5.41) is 0. The second-order valence-corrected chi connectivity index (χ2v) is 5.69. The summed E-state index contributed by atoms with van der Waals surface area (Å²) >= 11 is 0. The van der Waals surface area contributed by atoms with Crippen LogP contribution in [0.2, 0.25) is 19.1 Å². The highest BCUT2D eigenvalue weighted by atomic mass is 28.3. The smallest absolute Gasteiger partial charge is 0.129 e. The van der Waals surface area contributed by atoms with Crippen LogP contribution >= 0.6 is 0 Å². The van der Waals surface area contributed by atoms with Crippen molar-refractivity contribution in [3.05, 3.63) is 0 Å². The minimum Gasteiger partial charge on any atom is -0.300 e. The Kier molecular flexibility index (Phi) is 3.78. The molecule has 0 aromatic heterocycles. The van der Waals surface area contributed by atoms with Crippen molar-refractivity contribution in [2.75, 3.05) is 0 Å². The van der Waals surface area contributed by atoms with Crippen LogP contribution in [0.15, 0.2) is 0 Å². The molecule has 0 bridgehead atoms. The van der Waals surface area contributed by atoms with Gasteiger partial charge in [-0.05, 0) is 6.04 Å². The second kappa shape index (κ2) is 3.84. The average Bonchev–Trinajstić information content (AvgIpc) is 1.65. The third kappa shape index (κ3) is 4.06. The van der Waals surface area contributed by atoms with Crippen LogP contribution in [0.3, 0.4) is 0 Å². The van der Waals surface area contributed by atoms with E-state index in [1.54, 1.807) is 0 Å². The summed E-state index contributed by atoms with van der Waals surface area (Å²) in [6.07, 6.45) is 0.727. The molecule has 0 fully saturated rings. The fourth-order valence-electron chi connectivity index (χ4n) is 0.600. The normalized spacial score (nSPS) is 10.0. The van der Waals surface area contributed by atoms with Gasteiger partial charge in [0.15, 0.2) is 0 Å². The SMILES string of the molecule is CCC(=O)C[SiH](C)C. The van der Waals surface area contributed by atoms with Gasteiger partial charge in [-0.2, -0.15) is 0 Å². The standard InChI is InChI=1S/C6H14OSi/c1-4-6(7)5-8(2)3/h8H,4-5H2,1-3H3. The van der Waals surface area contributed by atoms with Crippen LogP contribution in [0.5, 0.6) is 0 Å². The van der Waals surface area contributed by atoms with Gasteiger partial charge >= 0.3 is 0 Å². The fourth-order valence-corrected chi connectivity index (χ4v) is 1.80. The van der Waals surface area contributed by atoms with E-state index in [0.717, 1.165) is 12.5 Å². The summed E-state index contributed by atoms with van der Waals surface area (Å²) < 4.78 is 0. The van der Waals surface area contributed by atoms with Gasteiger partial charge in [0, 0.05) is 15.2 Å². The minimum absolute atomic E-state index is 0.437. The molecular weight excluding hydrogens is 116 g/mol. The highest BCUT2D eigenvalue weighted by Crippen LogP contribution is 1.94. The zero-order valence-corrected chi connectivity index (χ0v) is 7.05. The molecule has 0 aromatic carbocycles. The molecule has 0 heterocycles. The molecule has 48 valence electrons. The molecule has 2 heteroatoms. The Hall–Kier alpha value is -0.113. The van der Waals surface area contributed by atoms with E-state index < -0.39 is 8.80 Å². The molecular formula is C6H14OSi. The summed E-state index contributed by atoms with van der Waals surface area (Å²) in [6, 6.07) is 0.885. The first-order chi connectivity index (χ1) is 3.66. The van der Waals surface area contributed by atoms with Crippen LogP contribution in [0.1, 0.15) is 13.3 Å². The lowest BCUT2D eigenvalue weighted by Gasteiger charge is -1.96. The molecule has 0 spiro atoms. The molecule has 0 amide bonds. The predicted octanol–water partition coefficient (Wildman–Crippen LogP) is 1.45. The van der Waals surface area contributed by atoms with E-state index in [1.165, 1.54) is 0 Å². The van der Waals surface area contributed by atoms with E-state index in [0.29, 0.717) is 5.78 Å². The van der Waals surface area contributed by atoms with Crippen LogP contribution in [0.4, 0.5) is 0 Å². The molecule has 0 aliphatic heterocycles. The molecule has 0 N–H and O–H groups in total. The average molecular weight is 130 g/mol. The lowest BCUT2D eigenvalue weighted by atomic mass is 10.4. The quantitative estimate of drug-likeness (QED) is 0.528. The Morgan fingerprint density at radius 3 is 2.12 bits per heavy atom. The third-order valence-electron chi connectivity index (χ3n) is 1.03. The van der Waals surface area contributed by atoms with Gasteiger partial charge in [0.05, 0.1) is 0 Å². The lowest BCUT2D eigenvalue weighted by Crippen LogP contribution is -2.07. The highest BCUT2D eigenvalue weighted by molar-refractivity contribution is 6.59. The van der Waals surface area contributed by atoms with Crippen molar-refractivity contribution in [1.82, 2.24) is 0 Å². The molecule has 0 aliphatic rings. The summed E-state index contributed by atoms with van der Waals surface area (Å²) in [6.45, 7) is 6.33. The first-order valence-electron chi connectivity index (χ1n) is 3.18. The monoisotopic (exact) mass is 130 g/mol. The second-order valence-electron chi connectivity index (χ2n) is 2.49. The number of rotatable bonds is 3. The number of Topliss-reactive ketones (excluding diaryl/α,β-unsaturated/α-hetero) is 1. The maximum Gasteiger partial charge on any atom is 0.129 e. The lowest BCUT2D eigenvalue weighted by molar-refractivity contribution is -0.116. The minimum atomic E-state index is -0.596. The number of carbonyl (C=O) groups is 1. The van der Waals surface area contributed by atoms with Gasteiger partial charge in [-0.25, -0.2) is 0 Å². The number of carbonyl (C=O) groups excluding carboxylic acids is 1. The van der Waals surface area contributed by atoms with Gasteiger partial charge < -0.3 is 4.79 Å². The molecule has 0 saturated heterocycles. The molecule has 0 aliphatic carbocycles. The van der Waals surface area contributed by atoms with E-state index in [1.807, 2.05) is 6.92 Å². The van der Waals surface area contributed by atoms with Crippen LogP contribution < -0.4 is 0 Å². The van der Waals surface area contributed by atoms with Gasteiger partial charge in [0.1, 0.15) is 5.78 Å². The Morgan fingerprint density at radius 1 is 1.50 bits per heavy atom. The summed E-state index contributed by atoms with van der Waals surface area (Å²) in [4.78, 5) is 10.7. The molecule has 0 atom stereocenters. The van der Waals surface area contributed by atoms with Crippen LogP contribution in [-0.2, 0) is 4.79 Å². The van der Waals surface area contributed by atoms with E-state index in [9.17, 15) is 4.79 Å². The third-order valence-corrected chi connectivity index (χ3v) is 2.30. The Balaban J connectivity index is 3.25. The maximum absolute atomic E-state index is 10.7. The van der Waals surface area contributed by atoms with Gasteiger partial charge in [-0.3, -0.25) is 0 Å². The molecule has 0 rings (SSSR count).